The fraction of sp³-hybridized carbons (Fsp3) is 0.476. The molecule has 1 fully saturated rings. The highest BCUT2D eigenvalue weighted by Gasteiger charge is 2.28. The van der Waals surface area contributed by atoms with E-state index in [9.17, 15) is 4.79 Å². The van der Waals surface area contributed by atoms with Gasteiger partial charge in [0.15, 0.2) is 0 Å². The first-order valence-corrected chi connectivity index (χ1v) is 9.24. The number of amides is 1. The summed E-state index contributed by atoms with van der Waals surface area (Å²) in [4.78, 5) is 17.4. The van der Waals surface area contributed by atoms with Crippen molar-refractivity contribution in [2.75, 3.05) is 32.1 Å². The fourth-order valence-corrected chi connectivity index (χ4v) is 3.91. The third-order valence-electron chi connectivity index (χ3n) is 5.20. The maximum atomic E-state index is 13.3. The SMILES string of the molecule is CN(C)c1ccc(C(=O)N2CCCC[C@H]2CCCO)c2ccccc12. The first kappa shape index (κ1) is 17.7. The molecule has 1 amide bonds. The Morgan fingerprint density at radius 2 is 1.92 bits per heavy atom. The van der Waals surface area contributed by atoms with E-state index in [1.807, 2.05) is 49.3 Å². The summed E-state index contributed by atoms with van der Waals surface area (Å²) in [5.74, 6) is 0.129. The number of carbonyl (C=O) groups is 1. The fourth-order valence-electron chi connectivity index (χ4n) is 3.91. The van der Waals surface area contributed by atoms with Crippen molar-refractivity contribution < 1.29 is 9.90 Å². The molecule has 134 valence electrons. The topological polar surface area (TPSA) is 43.8 Å². The van der Waals surface area contributed by atoms with Gasteiger partial charge in [0.05, 0.1) is 0 Å². The van der Waals surface area contributed by atoms with Gasteiger partial charge in [-0.25, -0.2) is 0 Å². The molecular weight excluding hydrogens is 312 g/mol. The minimum Gasteiger partial charge on any atom is -0.396 e. The molecule has 4 nitrogen and oxygen atoms in total. The van der Waals surface area contributed by atoms with Crippen LogP contribution in [0.1, 0.15) is 42.5 Å². The van der Waals surface area contributed by atoms with E-state index >= 15 is 0 Å². The number of fused-ring (bicyclic) bond motifs is 1. The van der Waals surface area contributed by atoms with Gasteiger partial charge in [-0.15, -0.1) is 0 Å². The van der Waals surface area contributed by atoms with Gasteiger partial charge in [-0.3, -0.25) is 4.79 Å². The summed E-state index contributed by atoms with van der Waals surface area (Å²) in [6, 6.07) is 12.4. The maximum Gasteiger partial charge on any atom is 0.254 e. The number of rotatable bonds is 5. The van der Waals surface area contributed by atoms with E-state index in [-0.39, 0.29) is 18.6 Å². The molecular formula is C21H28N2O2. The van der Waals surface area contributed by atoms with Crippen molar-refractivity contribution in [2.45, 2.75) is 38.1 Å². The minimum atomic E-state index is 0.129. The molecule has 2 aromatic carbocycles. The summed E-state index contributed by atoms with van der Waals surface area (Å²) in [5.41, 5.74) is 1.92. The van der Waals surface area contributed by atoms with Gasteiger partial charge in [-0.05, 0) is 49.6 Å². The van der Waals surface area contributed by atoms with Gasteiger partial charge in [-0.1, -0.05) is 24.3 Å². The van der Waals surface area contributed by atoms with E-state index in [0.29, 0.717) is 0 Å². The average Bonchev–Trinajstić information content (AvgIpc) is 2.65. The van der Waals surface area contributed by atoms with Crippen LogP contribution >= 0.6 is 0 Å². The Labute approximate surface area is 150 Å². The van der Waals surface area contributed by atoms with Gasteiger partial charge >= 0.3 is 0 Å². The Morgan fingerprint density at radius 1 is 1.16 bits per heavy atom. The maximum absolute atomic E-state index is 13.3. The van der Waals surface area contributed by atoms with Gasteiger partial charge in [-0.2, -0.15) is 0 Å². The lowest BCUT2D eigenvalue weighted by atomic mass is 9.95. The molecule has 0 aromatic heterocycles. The normalized spacial score (nSPS) is 17.7. The monoisotopic (exact) mass is 340 g/mol. The van der Waals surface area contributed by atoms with Crippen molar-refractivity contribution in [2.24, 2.45) is 0 Å². The van der Waals surface area contributed by atoms with Gasteiger partial charge in [0.1, 0.15) is 0 Å². The zero-order valence-corrected chi connectivity index (χ0v) is 15.2. The summed E-state index contributed by atoms with van der Waals surface area (Å²) in [6.45, 7) is 1.01. The zero-order chi connectivity index (χ0) is 17.8. The molecule has 0 aliphatic carbocycles. The van der Waals surface area contributed by atoms with Crippen LogP contribution in [0.4, 0.5) is 5.69 Å². The summed E-state index contributed by atoms with van der Waals surface area (Å²) in [5, 5.41) is 11.3. The molecule has 1 aliphatic heterocycles. The van der Waals surface area contributed by atoms with Crippen molar-refractivity contribution in [3.63, 3.8) is 0 Å². The van der Waals surface area contributed by atoms with Crippen molar-refractivity contribution >= 4 is 22.4 Å². The van der Waals surface area contributed by atoms with Crippen LogP contribution in [-0.2, 0) is 0 Å². The van der Waals surface area contributed by atoms with Gasteiger partial charge in [0.2, 0.25) is 0 Å². The predicted octanol–water partition coefficient (Wildman–Crippen LogP) is 3.67. The van der Waals surface area contributed by atoms with Crippen LogP contribution in [0.3, 0.4) is 0 Å². The smallest absolute Gasteiger partial charge is 0.254 e. The molecule has 0 unspecified atom stereocenters. The second-order valence-corrected chi connectivity index (χ2v) is 7.09. The van der Waals surface area contributed by atoms with E-state index in [1.165, 1.54) is 6.42 Å². The lowest BCUT2D eigenvalue weighted by Crippen LogP contribution is -2.43. The second kappa shape index (κ2) is 7.87. The molecule has 0 spiro atoms. The average molecular weight is 340 g/mol. The molecule has 2 aromatic rings. The van der Waals surface area contributed by atoms with Crippen LogP contribution in [-0.4, -0.2) is 49.2 Å². The molecule has 1 aliphatic rings. The number of piperidine rings is 1. The van der Waals surface area contributed by atoms with Crippen molar-refractivity contribution in [1.82, 2.24) is 4.90 Å². The highest BCUT2D eigenvalue weighted by molar-refractivity contribution is 6.10. The highest BCUT2D eigenvalue weighted by atomic mass is 16.3. The number of benzene rings is 2. The van der Waals surface area contributed by atoms with E-state index in [1.54, 1.807) is 0 Å². The lowest BCUT2D eigenvalue weighted by molar-refractivity contribution is 0.0592. The summed E-state index contributed by atoms with van der Waals surface area (Å²) in [6.07, 6.45) is 4.92. The third kappa shape index (κ3) is 3.64. The Balaban J connectivity index is 1.97. The van der Waals surface area contributed by atoms with Crippen molar-refractivity contribution in [1.29, 1.82) is 0 Å². The molecule has 1 saturated heterocycles. The molecule has 1 heterocycles. The van der Waals surface area contributed by atoms with Crippen LogP contribution < -0.4 is 4.90 Å². The third-order valence-corrected chi connectivity index (χ3v) is 5.20. The molecule has 0 bridgehead atoms. The molecule has 1 N–H and O–H groups in total. The van der Waals surface area contributed by atoms with Crippen molar-refractivity contribution in [3.05, 3.63) is 42.0 Å². The van der Waals surface area contributed by atoms with Crippen LogP contribution in [0, 0.1) is 0 Å². The number of likely N-dealkylation sites (tertiary alicyclic amines) is 1. The van der Waals surface area contributed by atoms with Crippen LogP contribution in [0.2, 0.25) is 0 Å². The Morgan fingerprint density at radius 3 is 2.64 bits per heavy atom. The number of carbonyl (C=O) groups excluding carboxylic acids is 1. The van der Waals surface area contributed by atoms with Crippen LogP contribution in [0.5, 0.6) is 0 Å². The predicted molar refractivity (Wildman–Crippen MR) is 103 cm³/mol. The Kier molecular flexibility index (Phi) is 5.59. The second-order valence-electron chi connectivity index (χ2n) is 7.09. The van der Waals surface area contributed by atoms with E-state index in [0.717, 1.165) is 54.3 Å². The Bertz CT molecular complexity index is 742. The van der Waals surface area contributed by atoms with Crippen LogP contribution in [0.15, 0.2) is 36.4 Å². The number of aliphatic hydroxyl groups is 1. The quantitative estimate of drug-likeness (QED) is 0.903. The lowest BCUT2D eigenvalue weighted by Gasteiger charge is -2.36. The van der Waals surface area contributed by atoms with Gasteiger partial charge in [0.25, 0.3) is 5.91 Å². The van der Waals surface area contributed by atoms with Crippen molar-refractivity contribution in [3.8, 4) is 0 Å². The standard InChI is InChI=1S/C21H28N2O2/c1-22(2)20-13-12-19(17-10-3-4-11-18(17)20)21(25)23-14-6-5-8-16(23)9-7-15-24/h3-4,10-13,16,24H,5-9,14-15H2,1-2H3/t16-/m0/s1. The first-order valence-electron chi connectivity index (χ1n) is 9.24. The molecule has 0 radical (unpaired) electrons. The van der Waals surface area contributed by atoms with Gasteiger partial charge < -0.3 is 14.9 Å². The highest BCUT2D eigenvalue weighted by Crippen LogP contribution is 2.31. The minimum absolute atomic E-state index is 0.129. The Hall–Kier alpha value is -2.07. The molecule has 1 atom stereocenters. The molecule has 0 saturated carbocycles. The summed E-state index contributed by atoms with van der Waals surface area (Å²) < 4.78 is 0. The van der Waals surface area contributed by atoms with E-state index < -0.39 is 0 Å². The zero-order valence-electron chi connectivity index (χ0n) is 15.2. The number of aliphatic hydroxyl groups excluding tert-OH is 1. The summed E-state index contributed by atoms with van der Waals surface area (Å²) in [7, 11) is 4.05. The number of anilines is 1. The largest absolute Gasteiger partial charge is 0.396 e. The molecule has 3 rings (SSSR count). The first-order chi connectivity index (χ1) is 12.1. The number of nitrogens with zero attached hydrogens (tertiary/aromatic N) is 2. The van der Waals surface area contributed by atoms with E-state index in [4.69, 9.17) is 5.11 Å². The van der Waals surface area contributed by atoms with Gasteiger partial charge in [0, 0.05) is 49.9 Å². The van der Waals surface area contributed by atoms with E-state index in [2.05, 4.69) is 11.0 Å². The molecule has 4 heteroatoms. The number of hydrogen-bond acceptors (Lipinski definition) is 3. The number of hydrogen-bond donors (Lipinski definition) is 1. The molecule has 25 heavy (non-hydrogen) atoms. The van der Waals surface area contributed by atoms with Crippen LogP contribution in [0.25, 0.3) is 10.8 Å². The summed E-state index contributed by atoms with van der Waals surface area (Å²) >= 11 is 0.